The fourth-order valence-electron chi connectivity index (χ4n) is 4.46. The molecule has 1 aromatic heterocycles. The van der Waals surface area contributed by atoms with E-state index >= 15 is 0 Å². The molecule has 0 saturated heterocycles. The van der Waals surface area contributed by atoms with Crippen LogP contribution in [0.1, 0.15) is 28.4 Å². The van der Waals surface area contributed by atoms with Gasteiger partial charge in [0.1, 0.15) is 0 Å². The van der Waals surface area contributed by atoms with Crippen LogP contribution in [0.4, 0.5) is 5.13 Å². The first kappa shape index (κ1) is 29.6. The van der Waals surface area contributed by atoms with Gasteiger partial charge in [0.15, 0.2) is 15.0 Å². The lowest BCUT2D eigenvalue weighted by Gasteiger charge is -2.22. The van der Waals surface area contributed by atoms with Crippen LogP contribution < -0.4 is 4.90 Å². The molecule has 1 amide bonds. The van der Waals surface area contributed by atoms with E-state index in [9.17, 15) is 21.6 Å². The quantitative estimate of drug-likeness (QED) is 0.197. The second-order valence-electron chi connectivity index (χ2n) is 9.72. The predicted molar refractivity (Wildman–Crippen MR) is 166 cm³/mol. The number of amides is 1. The van der Waals surface area contributed by atoms with Crippen LogP contribution in [-0.4, -0.2) is 44.8 Å². The van der Waals surface area contributed by atoms with E-state index in [0.29, 0.717) is 27.5 Å². The zero-order valence-corrected chi connectivity index (χ0v) is 25.5. The van der Waals surface area contributed by atoms with Crippen molar-refractivity contribution in [3.63, 3.8) is 0 Å². The van der Waals surface area contributed by atoms with Gasteiger partial charge in [-0.1, -0.05) is 78.9 Å². The summed E-state index contributed by atoms with van der Waals surface area (Å²) in [6, 6.07) is 29.4. The van der Waals surface area contributed by atoms with E-state index in [1.165, 1.54) is 50.9 Å². The van der Waals surface area contributed by atoms with Crippen molar-refractivity contribution in [2.45, 2.75) is 29.8 Å². The number of benzene rings is 4. The van der Waals surface area contributed by atoms with Gasteiger partial charge in [0, 0.05) is 24.9 Å². The molecule has 8 nitrogen and oxygen atoms in total. The number of nitrogens with zero attached hydrogens (tertiary/aromatic N) is 3. The number of fused-ring (bicyclic) bond motifs is 1. The minimum atomic E-state index is -3.80. The molecular formula is C31H29N3O5S3. The zero-order valence-electron chi connectivity index (χ0n) is 23.0. The van der Waals surface area contributed by atoms with E-state index in [1.807, 2.05) is 60.7 Å². The Morgan fingerprint density at radius 2 is 1.33 bits per heavy atom. The summed E-state index contributed by atoms with van der Waals surface area (Å²) in [5.74, 6) is -0.359. The Hall–Kier alpha value is -3.90. The summed E-state index contributed by atoms with van der Waals surface area (Å²) in [5, 5.41) is 0.404. The van der Waals surface area contributed by atoms with Crippen molar-refractivity contribution >= 4 is 52.5 Å². The Morgan fingerprint density at radius 1 is 0.762 bits per heavy atom. The van der Waals surface area contributed by atoms with Crippen molar-refractivity contribution in [1.29, 1.82) is 0 Å². The monoisotopic (exact) mass is 619 g/mol. The molecule has 0 N–H and O–H groups in total. The summed E-state index contributed by atoms with van der Waals surface area (Å²) >= 11 is 1.22. The molecule has 11 heteroatoms. The molecule has 1 heterocycles. The van der Waals surface area contributed by atoms with Gasteiger partial charge in [-0.25, -0.2) is 21.8 Å². The van der Waals surface area contributed by atoms with Crippen LogP contribution in [0.5, 0.6) is 0 Å². The number of carbonyl (C=O) groups is 1. The van der Waals surface area contributed by atoms with E-state index in [4.69, 9.17) is 0 Å². The number of sulfonamides is 1. The Morgan fingerprint density at radius 3 is 1.90 bits per heavy atom. The molecule has 5 rings (SSSR count). The molecular weight excluding hydrogens is 591 g/mol. The van der Waals surface area contributed by atoms with Gasteiger partial charge >= 0.3 is 0 Å². The molecule has 216 valence electrons. The highest BCUT2D eigenvalue weighted by Gasteiger charge is 2.26. The van der Waals surface area contributed by atoms with E-state index in [1.54, 1.807) is 19.1 Å². The summed E-state index contributed by atoms with van der Waals surface area (Å²) in [7, 11) is -7.21. The van der Waals surface area contributed by atoms with E-state index in [0.717, 1.165) is 17.4 Å². The first-order valence-corrected chi connectivity index (χ1v) is 17.3. The molecule has 0 radical (unpaired) electrons. The fourth-order valence-corrected chi connectivity index (χ4v) is 7.62. The molecule has 0 aliphatic rings. The van der Waals surface area contributed by atoms with Crippen LogP contribution in [0.15, 0.2) is 113 Å². The first-order chi connectivity index (χ1) is 20.1. The third-order valence-corrected chi connectivity index (χ3v) is 10.8. The van der Waals surface area contributed by atoms with Crippen molar-refractivity contribution < 1.29 is 21.6 Å². The van der Waals surface area contributed by atoms with Gasteiger partial charge in [0.2, 0.25) is 10.0 Å². The second kappa shape index (κ2) is 12.1. The number of thiazole rings is 1. The van der Waals surface area contributed by atoms with Crippen LogP contribution in [0.2, 0.25) is 0 Å². The Balaban J connectivity index is 1.46. The van der Waals surface area contributed by atoms with Crippen LogP contribution in [-0.2, 0) is 33.0 Å². The largest absolute Gasteiger partial charge is 0.279 e. The summed E-state index contributed by atoms with van der Waals surface area (Å²) in [5.41, 5.74) is 2.63. The van der Waals surface area contributed by atoms with Gasteiger partial charge in [0.05, 0.1) is 26.6 Å². The lowest BCUT2D eigenvalue weighted by Crippen LogP contribution is -2.31. The Labute approximate surface area is 249 Å². The summed E-state index contributed by atoms with van der Waals surface area (Å²) in [4.78, 5) is 20.3. The van der Waals surface area contributed by atoms with Crippen LogP contribution in [0.3, 0.4) is 0 Å². The topological polar surface area (TPSA) is 105 Å². The normalized spacial score (nSPS) is 12.1. The molecule has 0 saturated carbocycles. The highest BCUT2D eigenvalue weighted by Crippen LogP contribution is 2.32. The van der Waals surface area contributed by atoms with E-state index in [2.05, 4.69) is 4.98 Å². The van der Waals surface area contributed by atoms with Crippen LogP contribution >= 0.6 is 11.3 Å². The van der Waals surface area contributed by atoms with Crippen molar-refractivity contribution in [2.75, 3.05) is 17.7 Å². The number of sulfone groups is 1. The van der Waals surface area contributed by atoms with Crippen LogP contribution in [0.25, 0.3) is 10.2 Å². The standard InChI is InChI=1S/C31H29N3O5S3/c1-3-33(21-23-10-6-4-7-11-23)42(38,39)26-16-14-25(15-17-26)30(35)34(22-24-12-8-5-9-13-24)31-32-28-19-18-27(41(2,36)37)20-29(28)40-31/h4-20H,3,21-22H2,1-2H3. The number of hydrogen-bond donors (Lipinski definition) is 0. The van der Waals surface area contributed by atoms with Crippen molar-refractivity contribution in [2.24, 2.45) is 0 Å². The predicted octanol–water partition coefficient (Wildman–Crippen LogP) is 5.76. The van der Waals surface area contributed by atoms with Gasteiger partial charge in [-0.05, 0) is 53.6 Å². The number of carbonyl (C=O) groups excluding carboxylic acids is 1. The fraction of sp³-hybridized carbons (Fsp3) is 0.161. The molecule has 0 aliphatic carbocycles. The molecule has 0 aliphatic heterocycles. The maximum Gasteiger partial charge on any atom is 0.260 e. The molecule has 5 aromatic rings. The minimum absolute atomic E-state index is 0.0970. The number of aromatic nitrogens is 1. The number of hydrogen-bond acceptors (Lipinski definition) is 7. The third-order valence-electron chi connectivity index (χ3n) is 6.73. The summed E-state index contributed by atoms with van der Waals surface area (Å²) < 4.78 is 53.0. The molecule has 0 bridgehead atoms. The Kier molecular flexibility index (Phi) is 8.55. The second-order valence-corrected chi connectivity index (χ2v) is 14.7. The SMILES string of the molecule is CCN(Cc1ccccc1)S(=O)(=O)c1ccc(C(=O)N(Cc2ccccc2)c2nc3ccc(S(C)(=O)=O)cc3s2)cc1. The molecule has 0 spiro atoms. The van der Waals surface area contributed by atoms with Crippen molar-refractivity contribution in [3.05, 3.63) is 120 Å². The van der Waals surface area contributed by atoms with Gasteiger partial charge in [-0.15, -0.1) is 0 Å². The number of anilines is 1. The van der Waals surface area contributed by atoms with E-state index < -0.39 is 19.9 Å². The molecule has 0 atom stereocenters. The lowest BCUT2D eigenvalue weighted by atomic mass is 10.1. The van der Waals surface area contributed by atoms with E-state index in [-0.39, 0.29) is 28.8 Å². The van der Waals surface area contributed by atoms with Gasteiger partial charge in [-0.3, -0.25) is 9.69 Å². The molecule has 0 fully saturated rings. The highest BCUT2D eigenvalue weighted by atomic mass is 32.2. The van der Waals surface area contributed by atoms with Crippen molar-refractivity contribution in [1.82, 2.24) is 9.29 Å². The van der Waals surface area contributed by atoms with Crippen molar-refractivity contribution in [3.8, 4) is 0 Å². The smallest absolute Gasteiger partial charge is 0.260 e. The zero-order chi connectivity index (χ0) is 29.9. The maximum absolute atomic E-state index is 13.9. The highest BCUT2D eigenvalue weighted by molar-refractivity contribution is 7.90. The first-order valence-electron chi connectivity index (χ1n) is 13.2. The van der Waals surface area contributed by atoms with Gasteiger partial charge in [-0.2, -0.15) is 4.31 Å². The Bertz CT molecular complexity index is 1920. The van der Waals surface area contributed by atoms with Gasteiger partial charge < -0.3 is 0 Å². The number of rotatable bonds is 10. The molecule has 4 aromatic carbocycles. The summed E-state index contributed by atoms with van der Waals surface area (Å²) in [6.07, 6.45) is 1.15. The third kappa shape index (κ3) is 6.44. The summed E-state index contributed by atoms with van der Waals surface area (Å²) in [6.45, 7) is 2.54. The minimum Gasteiger partial charge on any atom is -0.279 e. The lowest BCUT2D eigenvalue weighted by molar-refractivity contribution is 0.0985. The molecule has 42 heavy (non-hydrogen) atoms. The average Bonchev–Trinajstić information content (AvgIpc) is 3.42. The molecule has 0 unspecified atom stereocenters. The van der Waals surface area contributed by atoms with Gasteiger partial charge in [0.25, 0.3) is 5.91 Å². The maximum atomic E-state index is 13.9. The average molecular weight is 620 g/mol. The van der Waals surface area contributed by atoms with Crippen LogP contribution in [0, 0.1) is 0 Å².